The van der Waals surface area contributed by atoms with E-state index in [1.54, 1.807) is 7.11 Å². The Balaban J connectivity index is 1.89. The Morgan fingerprint density at radius 1 is 1.50 bits per heavy atom. The van der Waals surface area contributed by atoms with Crippen molar-refractivity contribution in [3.8, 4) is 0 Å². The summed E-state index contributed by atoms with van der Waals surface area (Å²) >= 11 is 6.43. The molecule has 1 aliphatic rings. The number of hydrogen-bond acceptors (Lipinski definition) is 3. The highest BCUT2D eigenvalue weighted by molar-refractivity contribution is 7.99. The molecule has 1 nitrogen and oxygen atoms in total. The van der Waals surface area contributed by atoms with Gasteiger partial charge in [-0.25, -0.2) is 0 Å². The highest BCUT2D eigenvalue weighted by atomic mass is 32.2. The van der Waals surface area contributed by atoms with Crippen LogP contribution in [0.4, 0.5) is 0 Å². The molecule has 1 aliphatic carbocycles. The quantitative estimate of drug-likeness (QED) is 0.506. The third-order valence-electron chi connectivity index (χ3n) is 2.34. The van der Waals surface area contributed by atoms with Crippen molar-refractivity contribution in [2.45, 2.75) is 19.3 Å². The summed E-state index contributed by atoms with van der Waals surface area (Å²) in [7, 11) is 1.76. The molecule has 0 heterocycles. The van der Waals surface area contributed by atoms with Crippen LogP contribution in [0.25, 0.3) is 0 Å². The zero-order valence-electron chi connectivity index (χ0n) is 7.71. The molecular weight excluding hydrogens is 188 g/mol. The minimum absolute atomic E-state index is 0.626. The SMILES string of the molecule is COCCCSCC1(CS)CC1. The predicted octanol–water partition coefficient (Wildman–Crippen LogP) is 2.47. The first-order valence-corrected chi connectivity index (χ1v) is 6.29. The van der Waals surface area contributed by atoms with Crippen LogP contribution in [-0.2, 0) is 4.74 Å². The molecule has 0 radical (unpaired) electrons. The van der Waals surface area contributed by atoms with Crippen molar-refractivity contribution in [3.63, 3.8) is 0 Å². The van der Waals surface area contributed by atoms with E-state index < -0.39 is 0 Å². The fraction of sp³-hybridized carbons (Fsp3) is 1.00. The largest absolute Gasteiger partial charge is 0.385 e. The fourth-order valence-corrected chi connectivity index (χ4v) is 2.99. The lowest BCUT2D eigenvalue weighted by molar-refractivity contribution is 0.200. The third-order valence-corrected chi connectivity index (χ3v) is 4.40. The van der Waals surface area contributed by atoms with Gasteiger partial charge in [0.25, 0.3) is 0 Å². The lowest BCUT2D eigenvalue weighted by Crippen LogP contribution is -2.06. The average molecular weight is 206 g/mol. The van der Waals surface area contributed by atoms with Crippen molar-refractivity contribution in [1.82, 2.24) is 0 Å². The summed E-state index contributed by atoms with van der Waals surface area (Å²) in [5.41, 5.74) is 0.626. The van der Waals surface area contributed by atoms with Gasteiger partial charge in [0, 0.05) is 13.7 Å². The van der Waals surface area contributed by atoms with Gasteiger partial charge in [-0.2, -0.15) is 24.4 Å². The van der Waals surface area contributed by atoms with E-state index in [2.05, 4.69) is 24.4 Å². The molecule has 0 aromatic rings. The highest BCUT2D eigenvalue weighted by Crippen LogP contribution is 2.48. The van der Waals surface area contributed by atoms with Gasteiger partial charge in [-0.3, -0.25) is 0 Å². The van der Waals surface area contributed by atoms with E-state index in [0.29, 0.717) is 5.41 Å². The topological polar surface area (TPSA) is 9.23 Å². The van der Waals surface area contributed by atoms with Gasteiger partial charge in [0.2, 0.25) is 0 Å². The molecule has 1 rings (SSSR count). The second-order valence-electron chi connectivity index (χ2n) is 3.56. The van der Waals surface area contributed by atoms with Gasteiger partial charge in [0.05, 0.1) is 0 Å². The molecule has 0 N–H and O–H groups in total. The van der Waals surface area contributed by atoms with Crippen LogP contribution in [0.15, 0.2) is 0 Å². The van der Waals surface area contributed by atoms with Gasteiger partial charge in [0.1, 0.15) is 0 Å². The minimum atomic E-state index is 0.626. The van der Waals surface area contributed by atoms with Crippen molar-refractivity contribution in [2.75, 3.05) is 31.0 Å². The summed E-state index contributed by atoms with van der Waals surface area (Å²) in [6, 6.07) is 0. The van der Waals surface area contributed by atoms with Gasteiger partial charge < -0.3 is 4.74 Å². The van der Waals surface area contributed by atoms with Gasteiger partial charge in [0.15, 0.2) is 0 Å². The van der Waals surface area contributed by atoms with Crippen molar-refractivity contribution in [3.05, 3.63) is 0 Å². The van der Waals surface area contributed by atoms with Crippen LogP contribution in [0.5, 0.6) is 0 Å². The molecule has 0 saturated heterocycles. The Hall–Kier alpha value is 0.660. The van der Waals surface area contributed by atoms with Gasteiger partial charge in [-0.15, -0.1) is 0 Å². The molecule has 0 spiro atoms. The zero-order chi connectivity index (χ0) is 8.86. The lowest BCUT2D eigenvalue weighted by atomic mass is 10.2. The van der Waals surface area contributed by atoms with E-state index in [1.165, 1.54) is 30.8 Å². The summed E-state index contributed by atoms with van der Waals surface area (Å²) < 4.78 is 4.99. The first kappa shape index (κ1) is 10.7. The Morgan fingerprint density at radius 3 is 2.75 bits per heavy atom. The van der Waals surface area contributed by atoms with E-state index in [-0.39, 0.29) is 0 Å². The Bertz CT molecular complexity index is 124. The zero-order valence-corrected chi connectivity index (χ0v) is 9.42. The maximum absolute atomic E-state index is 4.99. The van der Waals surface area contributed by atoms with Gasteiger partial charge >= 0.3 is 0 Å². The maximum Gasteiger partial charge on any atom is 0.0470 e. The molecule has 0 bridgehead atoms. The Labute approximate surface area is 85.0 Å². The van der Waals surface area contributed by atoms with Crippen LogP contribution in [-0.4, -0.2) is 31.0 Å². The normalized spacial score (nSPS) is 19.5. The number of rotatable bonds is 7. The number of thiol groups is 1. The van der Waals surface area contributed by atoms with E-state index in [9.17, 15) is 0 Å². The van der Waals surface area contributed by atoms with Crippen LogP contribution in [0.1, 0.15) is 19.3 Å². The smallest absolute Gasteiger partial charge is 0.0470 e. The second-order valence-corrected chi connectivity index (χ2v) is 4.98. The molecule has 12 heavy (non-hydrogen) atoms. The molecule has 0 unspecified atom stereocenters. The molecule has 0 aliphatic heterocycles. The average Bonchev–Trinajstić information content (AvgIpc) is 2.85. The van der Waals surface area contributed by atoms with Gasteiger partial charge in [-0.05, 0) is 41.9 Å². The van der Waals surface area contributed by atoms with E-state index in [1.807, 2.05) is 0 Å². The number of methoxy groups -OCH3 is 1. The third kappa shape index (κ3) is 3.58. The molecule has 1 saturated carbocycles. The summed E-state index contributed by atoms with van der Waals surface area (Å²) in [6.45, 7) is 0.904. The van der Waals surface area contributed by atoms with E-state index >= 15 is 0 Å². The molecule has 0 aromatic carbocycles. The molecule has 3 heteroatoms. The maximum atomic E-state index is 4.99. The van der Waals surface area contributed by atoms with Crippen molar-refractivity contribution >= 4 is 24.4 Å². The molecule has 0 aromatic heterocycles. The lowest BCUT2D eigenvalue weighted by Gasteiger charge is -2.10. The number of ether oxygens (including phenoxy) is 1. The first-order chi connectivity index (χ1) is 5.83. The van der Waals surface area contributed by atoms with E-state index in [4.69, 9.17) is 4.74 Å². The number of thioether (sulfide) groups is 1. The van der Waals surface area contributed by atoms with E-state index in [0.717, 1.165) is 12.4 Å². The monoisotopic (exact) mass is 206 g/mol. The van der Waals surface area contributed by atoms with Crippen LogP contribution in [0, 0.1) is 5.41 Å². The van der Waals surface area contributed by atoms with Crippen molar-refractivity contribution in [1.29, 1.82) is 0 Å². The number of hydrogen-bond donors (Lipinski definition) is 1. The standard InChI is InChI=1S/C9H18OS2/c1-10-5-2-6-12-8-9(7-11)3-4-9/h11H,2-8H2,1H3. The fourth-order valence-electron chi connectivity index (χ4n) is 1.12. The van der Waals surface area contributed by atoms with Crippen LogP contribution in [0.2, 0.25) is 0 Å². The second kappa shape index (κ2) is 5.40. The summed E-state index contributed by atoms with van der Waals surface area (Å²) in [5.74, 6) is 3.62. The summed E-state index contributed by atoms with van der Waals surface area (Å²) in [6.07, 6.45) is 3.98. The molecule has 0 amide bonds. The van der Waals surface area contributed by atoms with Crippen LogP contribution < -0.4 is 0 Å². The van der Waals surface area contributed by atoms with Gasteiger partial charge in [-0.1, -0.05) is 0 Å². The minimum Gasteiger partial charge on any atom is -0.385 e. The summed E-state index contributed by atoms with van der Waals surface area (Å²) in [4.78, 5) is 0. The molecule has 1 fully saturated rings. The molecule has 72 valence electrons. The Morgan fingerprint density at radius 2 is 2.25 bits per heavy atom. The molecule has 0 atom stereocenters. The van der Waals surface area contributed by atoms with Crippen molar-refractivity contribution < 1.29 is 4.74 Å². The van der Waals surface area contributed by atoms with Crippen LogP contribution >= 0.6 is 24.4 Å². The predicted molar refractivity (Wildman–Crippen MR) is 59.3 cm³/mol. The first-order valence-electron chi connectivity index (χ1n) is 4.50. The van der Waals surface area contributed by atoms with Crippen molar-refractivity contribution in [2.24, 2.45) is 5.41 Å². The van der Waals surface area contributed by atoms with Crippen LogP contribution in [0.3, 0.4) is 0 Å². The molecular formula is C9H18OS2. The summed E-state index contributed by atoms with van der Waals surface area (Å²) in [5, 5.41) is 0. The Kier molecular flexibility index (Phi) is 4.84. The highest BCUT2D eigenvalue weighted by Gasteiger charge is 2.40.